The molecule has 0 bridgehead atoms. The number of hydrogen-bond donors (Lipinski definition) is 1. The highest BCUT2D eigenvalue weighted by molar-refractivity contribution is 7.10. The molecule has 1 aromatic carbocycles. The number of thiophene rings is 1. The number of amides is 1. The van der Waals surface area contributed by atoms with Crippen LogP contribution in [0.5, 0.6) is 0 Å². The molecule has 1 aromatic heterocycles. The zero-order chi connectivity index (χ0) is 16.2. The van der Waals surface area contributed by atoms with Crippen LogP contribution in [0.15, 0.2) is 35.7 Å². The smallest absolute Gasteiger partial charge is 0.224 e. The maximum absolute atomic E-state index is 12.1. The van der Waals surface area contributed by atoms with Gasteiger partial charge in [0.2, 0.25) is 5.91 Å². The molecule has 1 amide bonds. The summed E-state index contributed by atoms with van der Waals surface area (Å²) in [5.74, 6) is 0.0624. The van der Waals surface area contributed by atoms with Crippen molar-refractivity contribution in [2.45, 2.75) is 32.4 Å². The Balaban J connectivity index is 1.46. The van der Waals surface area contributed by atoms with E-state index < -0.39 is 0 Å². The van der Waals surface area contributed by atoms with Gasteiger partial charge in [0.15, 0.2) is 0 Å². The van der Waals surface area contributed by atoms with Crippen molar-refractivity contribution in [1.82, 2.24) is 10.2 Å². The van der Waals surface area contributed by atoms with Gasteiger partial charge in [-0.3, -0.25) is 9.69 Å². The topological polar surface area (TPSA) is 32.3 Å². The van der Waals surface area contributed by atoms with E-state index in [1.165, 1.54) is 10.4 Å². The van der Waals surface area contributed by atoms with E-state index in [0.29, 0.717) is 24.0 Å². The van der Waals surface area contributed by atoms with Crippen LogP contribution in [-0.2, 0) is 24.2 Å². The van der Waals surface area contributed by atoms with Gasteiger partial charge in [-0.05, 0) is 48.1 Å². The second-order valence-electron chi connectivity index (χ2n) is 6.05. The molecule has 1 atom stereocenters. The summed E-state index contributed by atoms with van der Waals surface area (Å²) < 4.78 is 0. The summed E-state index contributed by atoms with van der Waals surface area (Å²) in [6.45, 7) is 4.93. The van der Waals surface area contributed by atoms with Crippen LogP contribution in [0.4, 0.5) is 0 Å². The predicted molar refractivity (Wildman–Crippen MR) is 96.1 cm³/mol. The minimum Gasteiger partial charge on any atom is -0.354 e. The molecule has 3 rings (SSSR count). The summed E-state index contributed by atoms with van der Waals surface area (Å²) in [5, 5.41) is 5.92. The molecule has 1 aliphatic rings. The van der Waals surface area contributed by atoms with Crippen molar-refractivity contribution >= 4 is 28.8 Å². The Bertz CT molecular complexity index is 668. The number of halogens is 1. The summed E-state index contributed by atoms with van der Waals surface area (Å²) in [6, 6.07) is 10.00. The van der Waals surface area contributed by atoms with E-state index in [4.69, 9.17) is 11.6 Å². The van der Waals surface area contributed by atoms with Crippen LogP contribution in [-0.4, -0.2) is 29.9 Å². The molecule has 0 saturated heterocycles. The van der Waals surface area contributed by atoms with Gasteiger partial charge < -0.3 is 5.32 Å². The van der Waals surface area contributed by atoms with Crippen molar-refractivity contribution in [3.63, 3.8) is 0 Å². The van der Waals surface area contributed by atoms with Crippen molar-refractivity contribution in [2.75, 3.05) is 13.1 Å². The average molecular weight is 349 g/mol. The van der Waals surface area contributed by atoms with Gasteiger partial charge in [-0.1, -0.05) is 23.7 Å². The molecule has 0 radical (unpaired) electrons. The lowest BCUT2D eigenvalue weighted by Gasteiger charge is -2.32. The predicted octanol–water partition coefficient (Wildman–Crippen LogP) is 3.51. The highest BCUT2D eigenvalue weighted by atomic mass is 35.5. The van der Waals surface area contributed by atoms with Gasteiger partial charge in [0, 0.05) is 35.6 Å². The van der Waals surface area contributed by atoms with Crippen LogP contribution in [0.2, 0.25) is 5.02 Å². The fourth-order valence-electron chi connectivity index (χ4n) is 2.89. The van der Waals surface area contributed by atoms with Crippen molar-refractivity contribution < 1.29 is 4.79 Å². The highest BCUT2D eigenvalue weighted by Gasteiger charge is 2.21. The number of fused-ring (bicyclic) bond motifs is 1. The number of nitrogens with one attached hydrogen (secondary N) is 1. The van der Waals surface area contributed by atoms with Crippen molar-refractivity contribution in [3.8, 4) is 0 Å². The van der Waals surface area contributed by atoms with Crippen LogP contribution in [0.3, 0.4) is 0 Å². The van der Waals surface area contributed by atoms with E-state index >= 15 is 0 Å². The number of rotatable bonds is 5. The van der Waals surface area contributed by atoms with E-state index in [1.54, 1.807) is 0 Å². The van der Waals surface area contributed by atoms with Gasteiger partial charge in [-0.2, -0.15) is 0 Å². The van der Waals surface area contributed by atoms with Crippen LogP contribution in [0, 0.1) is 0 Å². The first-order valence-electron chi connectivity index (χ1n) is 7.92. The minimum atomic E-state index is 0.0624. The molecule has 0 aliphatic carbocycles. The molecule has 5 heteroatoms. The molecule has 2 aromatic rings. The Morgan fingerprint density at radius 3 is 2.91 bits per heavy atom. The minimum absolute atomic E-state index is 0.0624. The lowest BCUT2D eigenvalue weighted by atomic mass is 10.1. The quantitative estimate of drug-likeness (QED) is 0.896. The lowest BCUT2D eigenvalue weighted by molar-refractivity contribution is -0.120. The molecule has 1 aliphatic heterocycles. The van der Waals surface area contributed by atoms with Crippen LogP contribution >= 0.6 is 22.9 Å². The maximum atomic E-state index is 12.1. The van der Waals surface area contributed by atoms with Gasteiger partial charge in [0.1, 0.15) is 0 Å². The number of hydrogen-bond acceptors (Lipinski definition) is 3. The fourth-order valence-corrected chi connectivity index (χ4v) is 3.90. The average Bonchev–Trinajstić information content (AvgIpc) is 3.02. The number of benzene rings is 1. The van der Waals surface area contributed by atoms with E-state index in [2.05, 4.69) is 28.6 Å². The van der Waals surface area contributed by atoms with Gasteiger partial charge >= 0.3 is 0 Å². The van der Waals surface area contributed by atoms with E-state index in [1.807, 2.05) is 35.6 Å². The molecule has 0 spiro atoms. The van der Waals surface area contributed by atoms with Crippen LogP contribution in [0.1, 0.15) is 22.9 Å². The van der Waals surface area contributed by atoms with Crippen molar-refractivity contribution in [2.24, 2.45) is 0 Å². The van der Waals surface area contributed by atoms with Gasteiger partial charge in [0.05, 0.1) is 6.42 Å². The standard InChI is InChI=1S/C18H21ClN2OS/c1-13(21-8-6-17-15(12-21)7-9-23-17)11-20-18(22)10-14-2-4-16(19)5-3-14/h2-5,7,9,13H,6,8,10-12H2,1H3,(H,20,22). The SMILES string of the molecule is CC(CNC(=O)Cc1ccc(Cl)cc1)N1CCc2sccc2C1. The second-order valence-corrected chi connectivity index (χ2v) is 7.48. The fraction of sp³-hybridized carbons (Fsp3) is 0.389. The first-order chi connectivity index (χ1) is 11.1. The third-order valence-corrected chi connectivity index (χ3v) is 5.61. The van der Waals surface area contributed by atoms with E-state index in [9.17, 15) is 4.79 Å². The summed E-state index contributed by atoms with van der Waals surface area (Å²) >= 11 is 7.71. The Labute approximate surface area is 146 Å². The third-order valence-electron chi connectivity index (χ3n) is 4.33. The molecule has 23 heavy (non-hydrogen) atoms. The Morgan fingerprint density at radius 1 is 1.35 bits per heavy atom. The molecule has 0 saturated carbocycles. The number of nitrogens with zero attached hydrogens (tertiary/aromatic N) is 1. The van der Waals surface area contributed by atoms with Gasteiger partial charge in [0.25, 0.3) is 0 Å². The highest BCUT2D eigenvalue weighted by Crippen LogP contribution is 2.24. The van der Waals surface area contributed by atoms with Crippen molar-refractivity contribution in [1.29, 1.82) is 0 Å². The lowest BCUT2D eigenvalue weighted by Crippen LogP contribution is -2.44. The monoisotopic (exact) mass is 348 g/mol. The Kier molecular flexibility index (Phi) is 5.36. The first kappa shape index (κ1) is 16.5. The zero-order valence-electron chi connectivity index (χ0n) is 13.2. The number of carbonyl (C=O) groups is 1. The molecular weight excluding hydrogens is 328 g/mol. The van der Waals surface area contributed by atoms with Crippen LogP contribution in [0.25, 0.3) is 0 Å². The number of carbonyl (C=O) groups excluding carboxylic acids is 1. The molecule has 1 N–H and O–H groups in total. The zero-order valence-corrected chi connectivity index (χ0v) is 14.8. The summed E-state index contributed by atoms with van der Waals surface area (Å²) in [6.07, 6.45) is 1.52. The van der Waals surface area contributed by atoms with Gasteiger partial charge in [-0.15, -0.1) is 11.3 Å². The summed E-state index contributed by atoms with van der Waals surface area (Å²) in [7, 11) is 0. The molecule has 122 valence electrons. The van der Waals surface area contributed by atoms with Gasteiger partial charge in [-0.25, -0.2) is 0 Å². The Hall–Kier alpha value is -1.36. The summed E-state index contributed by atoms with van der Waals surface area (Å²) in [4.78, 5) is 16.0. The molecule has 3 nitrogen and oxygen atoms in total. The second kappa shape index (κ2) is 7.47. The normalized spacial score (nSPS) is 15.9. The maximum Gasteiger partial charge on any atom is 0.224 e. The largest absolute Gasteiger partial charge is 0.354 e. The summed E-state index contributed by atoms with van der Waals surface area (Å²) in [5.41, 5.74) is 2.43. The Morgan fingerprint density at radius 2 is 2.13 bits per heavy atom. The van der Waals surface area contributed by atoms with Crippen molar-refractivity contribution in [3.05, 3.63) is 56.7 Å². The third kappa shape index (κ3) is 4.34. The molecule has 2 heterocycles. The first-order valence-corrected chi connectivity index (χ1v) is 9.18. The molecule has 1 unspecified atom stereocenters. The molecular formula is C18H21ClN2OS. The van der Waals surface area contributed by atoms with E-state index in [-0.39, 0.29) is 5.91 Å². The van der Waals surface area contributed by atoms with E-state index in [0.717, 1.165) is 25.1 Å². The molecule has 0 fully saturated rings. The van der Waals surface area contributed by atoms with Crippen LogP contribution < -0.4 is 5.32 Å².